The Labute approximate surface area is 145 Å². The van der Waals surface area contributed by atoms with Crippen LogP contribution in [-0.2, 0) is 15.7 Å². The smallest absolute Gasteiger partial charge is 0.487 e. The molecule has 0 atom stereocenters. The molecule has 5 heteroatoms. The zero-order valence-electron chi connectivity index (χ0n) is 15.5. The van der Waals surface area contributed by atoms with E-state index in [9.17, 15) is 0 Å². The average Bonchev–Trinajstić information content (AvgIpc) is 2.96. The first kappa shape index (κ1) is 16.4. The van der Waals surface area contributed by atoms with Crippen molar-refractivity contribution in [2.24, 2.45) is 0 Å². The van der Waals surface area contributed by atoms with Crippen LogP contribution >= 0.6 is 0 Å². The number of benzene rings is 1. The maximum absolute atomic E-state index is 6.37. The number of hydrogen-bond donors (Lipinski definition) is 0. The van der Waals surface area contributed by atoms with Crippen LogP contribution in [0.15, 0.2) is 18.2 Å². The summed E-state index contributed by atoms with van der Waals surface area (Å²) in [5.41, 5.74) is 1.79. The second kappa shape index (κ2) is 5.23. The fourth-order valence-electron chi connectivity index (χ4n) is 3.88. The lowest BCUT2D eigenvalue weighted by molar-refractivity contribution is 0.00578. The predicted octanol–water partition coefficient (Wildman–Crippen LogP) is 2.39. The van der Waals surface area contributed by atoms with Crippen LogP contribution in [0.25, 0.3) is 0 Å². The lowest BCUT2D eigenvalue weighted by Crippen LogP contribution is -2.45. The highest BCUT2D eigenvalue weighted by molar-refractivity contribution is 6.62. The summed E-state index contributed by atoms with van der Waals surface area (Å²) in [6, 6.07) is 6.42. The molecule has 4 nitrogen and oxygen atoms in total. The number of rotatable bonds is 1. The van der Waals surface area contributed by atoms with Crippen LogP contribution in [0.3, 0.4) is 0 Å². The molecule has 1 spiro atoms. The molecule has 1 aromatic rings. The summed E-state index contributed by atoms with van der Waals surface area (Å²) >= 11 is 0. The summed E-state index contributed by atoms with van der Waals surface area (Å²) in [5.74, 6) is 1.04. The van der Waals surface area contributed by atoms with Gasteiger partial charge in [0, 0.05) is 32.4 Å². The van der Waals surface area contributed by atoms with E-state index in [1.165, 1.54) is 5.56 Å². The molecule has 1 aromatic carbocycles. The van der Waals surface area contributed by atoms with Crippen molar-refractivity contribution in [3.05, 3.63) is 23.8 Å². The van der Waals surface area contributed by atoms with E-state index in [2.05, 4.69) is 57.8 Å². The predicted molar refractivity (Wildman–Crippen MR) is 96.0 cm³/mol. The molecule has 0 amide bonds. The molecule has 24 heavy (non-hydrogen) atoms. The summed E-state index contributed by atoms with van der Waals surface area (Å²) in [6.45, 7) is 10.6. The van der Waals surface area contributed by atoms with E-state index in [4.69, 9.17) is 14.0 Å². The minimum absolute atomic E-state index is 0.00337. The SMILES string of the molecule is CN1CCC2(CC1)Cc1cc(B3OC(C)(C)C(C)(C)O3)ccc1O2. The highest BCUT2D eigenvalue weighted by atomic mass is 16.7. The van der Waals surface area contributed by atoms with Crippen molar-refractivity contribution in [3.8, 4) is 5.75 Å². The highest BCUT2D eigenvalue weighted by Gasteiger charge is 2.52. The monoisotopic (exact) mass is 329 g/mol. The molecule has 3 aliphatic rings. The van der Waals surface area contributed by atoms with Crippen LogP contribution in [0.2, 0.25) is 0 Å². The number of hydrogen-bond acceptors (Lipinski definition) is 4. The van der Waals surface area contributed by atoms with Gasteiger partial charge in [0.1, 0.15) is 11.4 Å². The quantitative estimate of drug-likeness (QED) is 0.741. The van der Waals surface area contributed by atoms with Crippen molar-refractivity contribution in [1.82, 2.24) is 4.90 Å². The minimum Gasteiger partial charge on any atom is -0.487 e. The Kier molecular flexibility index (Phi) is 3.58. The molecule has 0 bridgehead atoms. The van der Waals surface area contributed by atoms with E-state index in [1.807, 2.05) is 0 Å². The molecule has 2 saturated heterocycles. The van der Waals surface area contributed by atoms with E-state index in [0.29, 0.717) is 0 Å². The summed E-state index contributed by atoms with van der Waals surface area (Å²) in [6.07, 6.45) is 3.21. The lowest BCUT2D eigenvalue weighted by atomic mass is 9.77. The van der Waals surface area contributed by atoms with Gasteiger partial charge in [-0.05, 0) is 51.8 Å². The largest absolute Gasteiger partial charge is 0.494 e. The Morgan fingerprint density at radius 3 is 2.25 bits per heavy atom. The van der Waals surface area contributed by atoms with Crippen molar-refractivity contribution in [2.45, 2.75) is 63.8 Å². The summed E-state index contributed by atoms with van der Waals surface area (Å²) in [5, 5.41) is 0. The van der Waals surface area contributed by atoms with E-state index in [1.54, 1.807) is 0 Å². The average molecular weight is 329 g/mol. The molecular weight excluding hydrogens is 301 g/mol. The first-order chi connectivity index (χ1) is 11.2. The molecule has 3 aliphatic heterocycles. The lowest BCUT2D eigenvalue weighted by Gasteiger charge is -2.37. The molecule has 2 fully saturated rings. The van der Waals surface area contributed by atoms with Gasteiger partial charge in [-0.15, -0.1) is 0 Å². The van der Waals surface area contributed by atoms with E-state index in [-0.39, 0.29) is 23.9 Å². The Morgan fingerprint density at radius 1 is 1.00 bits per heavy atom. The molecule has 0 saturated carbocycles. The first-order valence-electron chi connectivity index (χ1n) is 9.06. The standard InChI is InChI=1S/C19H28BNO3/c1-17(2)18(3,4)24-20(23-17)15-6-7-16-14(12-15)13-19(22-16)8-10-21(5)11-9-19/h6-7,12H,8-11,13H2,1-5H3. The van der Waals surface area contributed by atoms with Gasteiger partial charge in [-0.2, -0.15) is 0 Å². The van der Waals surface area contributed by atoms with Gasteiger partial charge >= 0.3 is 7.12 Å². The van der Waals surface area contributed by atoms with Gasteiger partial charge in [-0.1, -0.05) is 12.1 Å². The number of ether oxygens (including phenoxy) is 1. The third kappa shape index (κ3) is 2.58. The molecule has 0 N–H and O–H groups in total. The molecule has 0 radical (unpaired) electrons. The third-order valence-corrected chi connectivity index (χ3v) is 6.35. The molecular formula is C19H28BNO3. The molecule has 0 aromatic heterocycles. The first-order valence-corrected chi connectivity index (χ1v) is 9.06. The summed E-state index contributed by atoms with van der Waals surface area (Å²) in [7, 11) is 1.89. The second-order valence-electron chi connectivity index (χ2n) is 8.72. The maximum atomic E-state index is 6.37. The second-order valence-corrected chi connectivity index (χ2v) is 8.72. The van der Waals surface area contributed by atoms with Gasteiger partial charge in [-0.25, -0.2) is 0 Å². The van der Waals surface area contributed by atoms with Gasteiger partial charge in [0.15, 0.2) is 0 Å². The van der Waals surface area contributed by atoms with Crippen LogP contribution in [0.4, 0.5) is 0 Å². The maximum Gasteiger partial charge on any atom is 0.494 e. The molecule has 3 heterocycles. The van der Waals surface area contributed by atoms with E-state index in [0.717, 1.165) is 43.6 Å². The van der Waals surface area contributed by atoms with Crippen molar-refractivity contribution in [2.75, 3.05) is 20.1 Å². The van der Waals surface area contributed by atoms with Gasteiger partial charge < -0.3 is 18.9 Å². The molecule has 130 valence electrons. The number of fused-ring (bicyclic) bond motifs is 1. The van der Waals surface area contributed by atoms with Crippen LogP contribution < -0.4 is 10.2 Å². The van der Waals surface area contributed by atoms with Gasteiger partial charge in [-0.3, -0.25) is 0 Å². The van der Waals surface area contributed by atoms with Crippen molar-refractivity contribution < 1.29 is 14.0 Å². The zero-order chi connectivity index (χ0) is 17.2. The molecule has 0 aliphatic carbocycles. The fourth-order valence-corrected chi connectivity index (χ4v) is 3.88. The van der Waals surface area contributed by atoms with Crippen molar-refractivity contribution >= 4 is 12.6 Å². The zero-order valence-corrected chi connectivity index (χ0v) is 15.5. The normalized spacial score (nSPS) is 27.3. The third-order valence-electron chi connectivity index (χ3n) is 6.35. The van der Waals surface area contributed by atoms with Gasteiger partial charge in [0.2, 0.25) is 0 Å². The molecule has 0 unspecified atom stereocenters. The highest BCUT2D eigenvalue weighted by Crippen LogP contribution is 2.41. The topological polar surface area (TPSA) is 30.9 Å². The molecule has 4 rings (SSSR count). The van der Waals surface area contributed by atoms with Crippen LogP contribution in [0.5, 0.6) is 5.75 Å². The Hall–Kier alpha value is -1.04. The van der Waals surface area contributed by atoms with E-state index < -0.39 is 0 Å². The summed E-state index contributed by atoms with van der Waals surface area (Å²) < 4.78 is 18.8. The minimum atomic E-state index is -0.303. The van der Waals surface area contributed by atoms with Gasteiger partial charge in [0.05, 0.1) is 11.2 Å². The summed E-state index contributed by atoms with van der Waals surface area (Å²) in [4.78, 5) is 2.38. The number of piperidine rings is 1. The van der Waals surface area contributed by atoms with Gasteiger partial charge in [0.25, 0.3) is 0 Å². The fraction of sp³-hybridized carbons (Fsp3) is 0.684. The Bertz CT molecular complexity index is 634. The van der Waals surface area contributed by atoms with Crippen molar-refractivity contribution in [3.63, 3.8) is 0 Å². The van der Waals surface area contributed by atoms with Crippen LogP contribution in [0.1, 0.15) is 46.1 Å². The van der Waals surface area contributed by atoms with Crippen LogP contribution in [0, 0.1) is 0 Å². The van der Waals surface area contributed by atoms with Crippen LogP contribution in [-0.4, -0.2) is 49.0 Å². The Balaban J connectivity index is 1.55. The van der Waals surface area contributed by atoms with E-state index >= 15 is 0 Å². The number of likely N-dealkylation sites (tertiary alicyclic amines) is 1. The van der Waals surface area contributed by atoms with Crippen molar-refractivity contribution in [1.29, 1.82) is 0 Å². The Morgan fingerprint density at radius 2 is 1.62 bits per heavy atom. The number of nitrogens with zero attached hydrogens (tertiary/aromatic N) is 1.